The first-order chi connectivity index (χ1) is 16.1. The molecule has 0 atom stereocenters. The Balaban J connectivity index is 2.09. The number of halogens is 1. The minimum atomic E-state index is -0.766. The van der Waals surface area contributed by atoms with Crippen LogP contribution in [0.3, 0.4) is 0 Å². The van der Waals surface area contributed by atoms with Crippen molar-refractivity contribution in [2.75, 3.05) is 30.9 Å². The molecule has 0 fully saturated rings. The first-order valence-electron chi connectivity index (χ1n) is 10.9. The number of nitrogen functional groups attached to an aromatic ring is 1. The van der Waals surface area contributed by atoms with Gasteiger partial charge in [-0.1, -0.05) is 55.8 Å². The third kappa shape index (κ3) is 5.23. The van der Waals surface area contributed by atoms with E-state index in [1.807, 2.05) is 44.2 Å². The van der Waals surface area contributed by atoms with Gasteiger partial charge in [-0.3, -0.25) is 24.0 Å². The highest BCUT2D eigenvalue weighted by molar-refractivity contribution is 6.34. The Morgan fingerprint density at radius 3 is 2.56 bits per heavy atom. The third-order valence-electron chi connectivity index (χ3n) is 5.25. The van der Waals surface area contributed by atoms with Crippen molar-refractivity contribution in [2.45, 2.75) is 33.9 Å². The van der Waals surface area contributed by atoms with Crippen molar-refractivity contribution < 1.29 is 9.53 Å². The lowest BCUT2D eigenvalue weighted by molar-refractivity contribution is 0.0975. The number of aryl methyl sites for hydroxylation is 1. The summed E-state index contributed by atoms with van der Waals surface area (Å²) in [6.45, 7) is 6.28. The van der Waals surface area contributed by atoms with E-state index in [-0.39, 0.29) is 47.8 Å². The van der Waals surface area contributed by atoms with Gasteiger partial charge in [0.25, 0.3) is 11.5 Å². The van der Waals surface area contributed by atoms with Gasteiger partial charge in [-0.2, -0.15) is 5.10 Å². The van der Waals surface area contributed by atoms with Crippen LogP contribution in [0.15, 0.2) is 39.9 Å². The fourth-order valence-corrected chi connectivity index (χ4v) is 3.99. The lowest BCUT2D eigenvalue weighted by Gasteiger charge is -2.24. The van der Waals surface area contributed by atoms with Crippen LogP contribution in [0.25, 0.3) is 0 Å². The molecule has 0 spiro atoms. The van der Waals surface area contributed by atoms with Gasteiger partial charge in [0.1, 0.15) is 11.0 Å². The molecule has 0 saturated heterocycles. The van der Waals surface area contributed by atoms with E-state index in [4.69, 9.17) is 22.1 Å². The first kappa shape index (κ1) is 25.3. The zero-order valence-corrected chi connectivity index (χ0v) is 20.4. The van der Waals surface area contributed by atoms with Crippen molar-refractivity contribution in [1.29, 1.82) is 0 Å². The molecule has 10 nitrogen and oxygen atoms in total. The van der Waals surface area contributed by atoms with Crippen LogP contribution in [0.5, 0.6) is 0 Å². The Hall–Kier alpha value is -3.37. The molecule has 1 aromatic carbocycles. The molecule has 11 heteroatoms. The van der Waals surface area contributed by atoms with E-state index in [0.29, 0.717) is 12.2 Å². The van der Waals surface area contributed by atoms with E-state index in [9.17, 15) is 14.4 Å². The Kier molecular flexibility index (Phi) is 7.95. The number of rotatable bonds is 9. The number of methoxy groups -OCH3 is 1. The second-order valence-corrected chi connectivity index (χ2v) is 8.70. The lowest BCUT2D eigenvalue weighted by Crippen LogP contribution is -2.43. The molecule has 34 heavy (non-hydrogen) atoms. The average molecular weight is 489 g/mol. The minimum absolute atomic E-state index is 0.0160. The highest BCUT2D eigenvalue weighted by Gasteiger charge is 2.30. The number of carbonyl (C=O) groups is 1. The van der Waals surface area contributed by atoms with Crippen LogP contribution in [0.4, 0.5) is 11.5 Å². The highest BCUT2D eigenvalue weighted by atomic mass is 35.5. The third-order valence-corrected chi connectivity index (χ3v) is 5.63. The highest BCUT2D eigenvalue weighted by Crippen LogP contribution is 2.26. The molecule has 0 aliphatic carbocycles. The van der Waals surface area contributed by atoms with Crippen LogP contribution in [0, 0.1) is 12.8 Å². The molecule has 1 amide bonds. The van der Waals surface area contributed by atoms with Crippen molar-refractivity contribution in [3.05, 3.63) is 73.1 Å². The van der Waals surface area contributed by atoms with Gasteiger partial charge >= 0.3 is 5.69 Å². The first-order valence-corrected chi connectivity index (χ1v) is 11.2. The van der Waals surface area contributed by atoms with Crippen LogP contribution >= 0.6 is 11.6 Å². The summed E-state index contributed by atoms with van der Waals surface area (Å²) in [5, 5.41) is 4.57. The summed E-state index contributed by atoms with van der Waals surface area (Å²) in [5.41, 5.74) is 6.24. The van der Waals surface area contributed by atoms with Crippen molar-refractivity contribution >= 4 is 29.0 Å². The number of benzene rings is 1. The number of nitrogens with zero attached hydrogens (tertiary/aromatic N) is 4. The number of ether oxygens (including phenoxy) is 1. The maximum atomic E-state index is 13.7. The fourth-order valence-electron chi connectivity index (χ4n) is 3.67. The monoisotopic (exact) mass is 488 g/mol. The van der Waals surface area contributed by atoms with Gasteiger partial charge in [0.2, 0.25) is 0 Å². The number of aromatic nitrogens is 4. The van der Waals surface area contributed by atoms with E-state index < -0.39 is 17.2 Å². The number of H-pyrrole nitrogens is 1. The predicted octanol–water partition coefficient (Wildman–Crippen LogP) is 2.27. The molecule has 0 radical (unpaired) electrons. The quantitative estimate of drug-likeness (QED) is 0.475. The summed E-state index contributed by atoms with van der Waals surface area (Å²) in [6.07, 6.45) is 0. The molecular formula is C23H29ClN6O4. The molecule has 0 bridgehead atoms. The van der Waals surface area contributed by atoms with E-state index in [1.54, 1.807) is 6.92 Å². The number of carbonyl (C=O) groups excluding carboxylic acids is 1. The smallest absolute Gasteiger partial charge is 0.330 e. The van der Waals surface area contributed by atoms with E-state index in [1.165, 1.54) is 21.3 Å². The molecule has 2 heterocycles. The number of amides is 1. The fraction of sp³-hybridized carbons (Fsp3) is 0.391. The lowest BCUT2D eigenvalue weighted by atomic mass is 10.2. The maximum Gasteiger partial charge on any atom is 0.330 e. The average Bonchev–Trinajstić information content (AvgIpc) is 3.06. The van der Waals surface area contributed by atoms with Gasteiger partial charge in [-0.25, -0.2) is 9.48 Å². The van der Waals surface area contributed by atoms with Crippen LogP contribution in [0.2, 0.25) is 5.15 Å². The topological polar surface area (TPSA) is 128 Å². The SMILES string of the molecule is COCCN(C(=O)c1c(C)nn(Cc2ccccc2)c1Cl)c1c(N)n(CC(C)C)c(=O)[nH]c1=O. The van der Waals surface area contributed by atoms with E-state index in [0.717, 1.165) is 5.56 Å². The Morgan fingerprint density at radius 1 is 1.26 bits per heavy atom. The number of aromatic amines is 1. The van der Waals surface area contributed by atoms with Crippen molar-refractivity contribution in [1.82, 2.24) is 19.3 Å². The summed E-state index contributed by atoms with van der Waals surface area (Å²) in [5.74, 6) is -0.585. The summed E-state index contributed by atoms with van der Waals surface area (Å²) < 4.78 is 7.93. The minimum Gasteiger partial charge on any atom is -0.383 e. The van der Waals surface area contributed by atoms with Crippen LogP contribution in [-0.2, 0) is 17.8 Å². The molecule has 0 aliphatic rings. The number of nitrogens with two attached hydrogens (primary N) is 1. The Bertz CT molecular complexity index is 1280. The van der Waals surface area contributed by atoms with Crippen LogP contribution < -0.4 is 21.9 Å². The molecule has 3 aromatic rings. The number of hydrogen-bond acceptors (Lipinski definition) is 6. The molecular weight excluding hydrogens is 460 g/mol. The summed E-state index contributed by atoms with van der Waals surface area (Å²) >= 11 is 6.59. The molecule has 2 aromatic heterocycles. The van der Waals surface area contributed by atoms with Crippen molar-refractivity contribution in [3.8, 4) is 0 Å². The zero-order valence-electron chi connectivity index (χ0n) is 19.7. The zero-order chi connectivity index (χ0) is 25.0. The summed E-state index contributed by atoms with van der Waals surface area (Å²) in [7, 11) is 1.48. The molecule has 182 valence electrons. The Labute approximate surface area is 201 Å². The normalized spacial score (nSPS) is 11.2. The number of nitrogens with one attached hydrogen (secondary N) is 1. The van der Waals surface area contributed by atoms with Gasteiger partial charge in [0.05, 0.1) is 24.4 Å². The predicted molar refractivity (Wildman–Crippen MR) is 132 cm³/mol. The number of anilines is 2. The van der Waals surface area contributed by atoms with Crippen LogP contribution in [-0.4, -0.2) is 45.5 Å². The molecule has 3 N–H and O–H groups in total. The molecule has 0 unspecified atom stereocenters. The molecule has 0 aliphatic heterocycles. The van der Waals surface area contributed by atoms with Gasteiger partial charge in [-0.05, 0) is 18.4 Å². The largest absolute Gasteiger partial charge is 0.383 e. The van der Waals surface area contributed by atoms with E-state index >= 15 is 0 Å². The van der Waals surface area contributed by atoms with Crippen LogP contribution in [0.1, 0.15) is 35.5 Å². The van der Waals surface area contributed by atoms with Gasteiger partial charge in [0, 0.05) is 20.2 Å². The van der Waals surface area contributed by atoms with Gasteiger partial charge < -0.3 is 10.5 Å². The summed E-state index contributed by atoms with van der Waals surface area (Å²) in [6, 6.07) is 9.57. The second kappa shape index (κ2) is 10.7. The Morgan fingerprint density at radius 2 is 1.94 bits per heavy atom. The van der Waals surface area contributed by atoms with Gasteiger partial charge in [0.15, 0.2) is 5.69 Å². The summed E-state index contributed by atoms with van der Waals surface area (Å²) in [4.78, 5) is 42.4. The molecule has 3 rings (SSSR count). The second-order valence-electron chi connectivity index (χ2n) is 8.34. The maximum absolute atomic E-state index is 13.7. The number of hydrogen-bond donors (Lipinski definition) is 2. The van der Waals surface area contributed by atoms with Crippen molar-refractivity contribution in [3.63, 3.8) is 0 Å². The van der Waals surface area contributed by atoms with Crippen molar-refractivity contribution in [2.24, 2.45) is 5.92 Å². The van der Waals surface area contributed by atoms with Gasteiger partial charge in [-0.15, -0.1) is 0 Å². The molecule has 0 saturated carbocycles. The standard InChI is InChI=1S/C23H29ClN6O4/c1-14(2)12-29-20(25)18(21(31)26-23(29)33)28(10-11-34-4)22(32)17-15(3)27-30(19(17)24)13-16-8-6-5-7-9-16/h5-9,14H,10-13,25H2,1-4H3,(H,26,31,33). The van der Waals surface area contributed by atoms with E-state index in [2.05, 4.69) is 10.1 Å².